The number of rotatable bonds is 5. The Bertz CT molecular complexity index is 1080. The van der Waals surface area contributed by atoms with E-state index in [1.807, 2.05) is 6.92 Å². The van der Waals surface area contributed by atoms with E-state index in [1.165, 1.54) is 6.07 Å². The first kappa shape index (κ1) is 23.9. The molecule has 2 aromatic carbocycles. The number of hydrogen-bond acceptors (Lipinski definition) is 3. The lowest BCUT2D eigenvalue weighted by Crippen LogP contribution is -2.18. The van der Waals surface area contributed by atoms with E-state index in [0.29, 0.717) is 23.3 Å². The van der Waals surface area contributed by atoms with Gasteiger partial charge in [0.2, 0.25) is 5.91 Å². The fourth-order valence-corrected chi connectivity index (χ4v) is 3.71. The summed E-state index contributed by atoms with van der Waals surface area (Å²) in [6.45, 7) is 1.72. The van der Waals surface area contributed by atoms with Crippen LogP contribution in [-0.4, -0.2) is 23.4 Å². The van der Waals surface area contributed by atoms with E-state index < -0.39 is 29.9 Å². The fraction of sp³-hybridized carbons (Fsp3) is 0.304. The highest BCUT2D eigenvalue weighted by atomic mass is 35.5. The minimum Gasteiger partial charge on any atom is -0.396 e. The van der Waals surface area contributed by atoms with E-state index in [4.69, 9.17) is 11.6 Å². The molecule has 2 atom stereocenters. The molecule has 2 N–H and O–H groups in total. The van der Waals surface area contributed by atoms with Crippen molar-refractivity contribution < 1.29 is 32.3 Å². The number of alkyl halides is 3. The molecule has 2 aromatic rings. The zero-order chi connectivity index (χ0) is 23.6. The van der Waals surface area contributed by atoms with E-state index in [1.54, 1.807) is 18.2 Å². The number of carbonyl (C=O) groups excluding carboxylic acids is 2. The van der Waals surface area contributed by atoms with Gasteiger partial charge in [-0.15, -0.1) is 0 Å². The topological polar surface area (TPSA) is 66.4 Å². The molecule has 32 heavy (non-hydrogen) atoms. The average Bonchev–Trinajstić information content (AvgIpc) is 2.89. The van der Waals surface area contributed by atoms with E-state index in [-0.39, 0.29) is 46.9 Å². The van der Waals surface area contributed by atoms with Crippen LogP contribution in [0.2, 0.25) is 5.02 Å². The SMILES string of the molecule is C[C@H](CO)C1C=Cc2c(ccc(Cl)c2NC(=O)Cc2ccc(C(F)(F)F)cc2F)C(=O)C1. The summed E-state index contributed by atoms with van der Waals surface area (Å²) >= 11 is 6.24. The van der Waals surface area contributed by atoms with Crippen LogP contribution in [0.1, 0.15) is 40.4 Å². The molecule has 0 heterocycles. The quantitative estimate of drug-likeness (QED) is 0.566. The number of allylic oxidation sites excluding steroid dienone is 1. The maximum Gasteiger partial charge on any atom is 0.416 e. The fourth-order valence-electron chi connectivity index (χ4n) is 3.50. The maximum atomic E-state index is 14.1. The van der Waals surface area contributed by atoms with Crippen molar-refractivity contribution in [2.24, 2.45) is 11.8 Å². The van der Waals surface area contributed by atoms with E-state index in [2.05, 4.69) is 5.32 Å². The van der Waals surface area contributed by atoms with Crippen LogP contribution >= 0.6 is 11.6 Å². The number of anilines is 1. The average molecular weight is 470 g/mol. The zero-order valence-corrected chi connectivity index (χ0v) is 17.7. The van der Waals surface area contributed by atoms with Crippen molar-refractivity contribution in [2.75, 3.05) is 11.9 Å². The van der Waals surface area contributed by atoms with Gasteiger partial charge in [-0.25, -0.2) is 4.39 Å². The number of carbonyl (C=O) groups is 2. The minimum atomic E-state index is -4.69. The van der Waals surface area contributed by atoms with Gasteiger partial charge < -0.3 is 10.4 Å². The van der Waals surface area contributed by atoms with Gasteiger partial charge in [-0.1, -0.05) is 36.7 Å². The summed E-state index contributed by atoms with van der Waals surface area (Å²) in [5.74, 6) is -2.39. The lowest BCUT2D eigenvalue weighted by molar-refractivity contribution is -0.137. The molecule has 4 nitrogen and oxygen atoms in total. The molecule has 170 valence electrons. The van der Waals surface area contributed by atoms with E-state index in [9.17, 15) is 32.3 Å². The van der Waals surface area contributed by atoms with Crippen LogP contribution in [0.25, 0.3) is 6.08 Å². The molecular weight excluding hydrogens is 450 g/mol. The Morgan fingerprint density at radius 3 is 2.62 bits per heavy atom. The van der Waals surface area contributed by atoms with Crippen molar-refractivity contribution in [3.05, 3.63) is 69.5 Å². The van der Waals surface area contributed by atoms with Crippen LogP contribution in [-0.2, 0) is 17.4 Å². The van der Waals surface area contributed by atoms with Gasteiger partial charge in [0, 0.05) is 24.2 Å². The third-order valence-corrected chi connectivity index (χ3v) is 5.76. The van der Waals surface area contributed by atoms with Crippen molar-refractivity contribution in [1.29, 1.82) is 0 Å². The summed E-state index contributed by atoms with van der Waals surface area (Å²) in [6.07, 6.45) is -1.62. The molecule has 3 rings (SSSR count). The molecule has 0 radical (unpaired) electrons. The first-order chi connectivity index (χ1) is 15.0. The molecule has 0 saturated heterocycles. The predicted molar refractivity (Wildman–Crippen MR) is 113 cm³/mol. The normalized spacial score (nSPS) is 17.0. The number of aliphatic hydroxyl groups excluding tert-OH is 1. The largest absolute Gasteiger partial charge is 0.416 e. The number of ketones is 1. The molecule has 0 spiro atoms. The number of amides is 1. The number of hydrogen-bond donors (Lipinski definition) is 2. The Morgan fingerprint density at radius 2 is 2.00 bits per heavy atom. The van der Waals surface area contributed by atoms with Gasteiger partial charge in [-0.3, -0.25) is 9.59 Å². The summed E-state index contributed by atoms with van der Waals surface area (Å²) in [7, 11) is 0. The highest BCUT2D eigenvalue weighted by Gasteiger charge is 2.31. The molecule has 0 saturated carbocycles. The van der Waals surface area contributed by atoms with Crippen molar-refractivity contribution in [3.8, 4) is 0 Å². The Balaban J connectivity index is 1.87. The summed E-state index contributed by atoms with van der Waals surface area (Å²) in [6, 6.07) is 4.96. The third-order valence-electron chi connectivity index (χ3n) is 5.44. The predicted octanol–water partition coefficient (Wildman–Crippen LogP) is 5.52. The van der Waals surface area contributed by atoms with Crippen LogP contribution in [0, 0.1) is 17.7 Å². The molecule has 0 bridgehead atoms. The number of halogens is 5. The minimum absolute atomic E-state index is 0.0956. The van der Waals surface area contributed by atoms with Crippen LogP contribution in [0.5, 0.6) is 0 Å². The molecule has 1 aliphatic rings. The number of Topliss-reactive ketones (excluding diaryl/α,β-unsaturated/α-hetero) is 1. The van der Waals surface area contributed by atoms with Gasteiger partial charge in [0.05, 0.1) is 22.7 Å². The monoisotopic (exact) mass is 469 g/mol. The number of nitrogens with one attached hydrogen (secondary N) is 1. The Morgan fingerprint density at radius 1 is 1.28 bits per heavy atom. The first-order valence-corrected chi connectivity index (χ1v) is 10.2. The molecule has 0 aromatic heterocycles. The summed E-state index contributed by atoms with van der Waals surface area (Å²) in [5, 5.41) is 12.1. The Labute approximate surface area is 186 Å². The smallest absolute Gasteiger partial charge is 0.396 e. The molecule has 1 aliphatic carbocycles. The second-order valence-electron chi connectivity index (χ2n) is 7.72. The van der Waals surface area contributed by atoms with Crippen molar-refractivity contribution in [1.82, 2.24) is 0 Å². The van der Waals surface area contributed by atoms with Gasteiger partial charge >= 0.3 is 6.18 Å². The highest BCUT2D eigenvalue weighted by molar-refractivity contribution is 6.34. The third kappa shape index (κ3) is 5.19. The molecule has 9 heteroatoms. The lowest BCUT2D eigenvalue weighted by Gasteiger charge is -2.16. The number of fused-ring (bicyclic) bond motifs is 1. The van der Waals surface area contributed by atoms with Crippen LogP contribution < -0.4 is 5.32 Å². The van der Waals surface area contributed by atoms with Gasteiger partial charge in [-0.05, 0) is 41.7 Å². The second-order valence-corrected chi connectivity index (χ2v) is 8.13. The molecule has 0 aliphatic heterocycles. The maximum absolute atomic E-state index is 14.1. The Kier molecular flexibility index (Phi) is 7.05. The second kappa shape index (κ2) is 9.42. The van der Waals surface area contributed by atoms with Crippen molar-refractivity contribution in [2.45, 2.75) is 25.9 Å². The molecule has 1 unspecified atom stereocenters. The summed E-state index contributed by atoms with van der Waals surface area (Å²) < 4.78 is 52.2. The van der Waals surface area contributed by atoms with E-state index >= 15 is 0 Å². The van der Waals surface area contributed by atoms with Gasteiger partial charge in [0.1, 0.15) is 5.82 Å². The highest BCUT2D eigenvalue weighted by Crippen LogP contribution is 2.35. The van der Waals surface area contributed by atoms with Crippen molar-refractivity contribution >= 4 is 35.1 Å². The van der Waals surface area contributed by atoms with Crippen LogP contribution in [0.15, 0.2) is 36.4 Å². The van der Waals surface area contributed by atoms with Gasteiger partial charge in [0.25, 0.3) is 0 Å². The van der Waals surface area contributed by atoms with Crippen LogP contribution in [0.3, 0.4) is 0 Å². The van der Waals surface area contributed by atoms with Crippen molar-refractivity contribution in [3.63, 3.8) is 0 Å². The zero-order valence-electron chi connectivity index (χ0n) is 17.0. The first-order valence-electron chi connectivity index (χ1n) is 9.81. The van der Waals surface area contributed by atoms with Gasteiger partial charge in [-0.2, -0.15) is 13.2 Å². The summed E-state index contributed by atoms with van der Waals surface area (Å²) in [5.41, 5.74) is -0.475. The van der Waals surface area contributed by atoms with E-state index in [0.717, 1.165) is 6.07 Å². The number of benzene rings is 2. The summed E-state index contributed by atoms with van der Waals surface area (Å²) in [4.78, 5) is 25.3. The molecule has 1 amide bonds. The molecular formula is C23H20ClF4NO3. The van der Waals surface area contributed by atoms with Gasteiger partial charge in [0.15, 0.2) is 5.78 Å². The molecule has 0 fully saturated rings. The standard InChI is InChI=1S/C23H20ClF4NO3/c1-12(11-30)13-3-5-17-16(20(31)8-13)6-7-18(24)22(17)29-21(32)9-14-2-4-15(10-19(14)25)23(26,27)28/h2-7,10,12-13,30H,8-9,11H2,1H3,(H,29,32)/t12-,13?/m1/s1. The Hall–Kier alpha value is -2.71. The number of aliphatic hydroxyl groups is 1. The van der Waals surface area contributed by atoms with Crippen LogP contribution in [0.4, 0.5) is 23.2 Å². The lowest BCUT2D eigenvalue weighted by atomic mass is 9.89.